The quantitative estimate of drug-likeness (QED) is 0.832. The van der Waals surface area contributed by atoms with Crippen molar-refractivity contribution in [3.05, 3.63) is 53.6 Å². The highest BCUT2D eigenvalue weighted by molar-refractivity contribution is 8.01. The molecule has 4 heteroatoms. The van der Waals surface area contributed by atoms with Gasteiger partial charge in [0.15, 0.2) is 0 Å². The molecule has 2 aromatic carbocycles. The second kappa shape index (κ2) is 5.21. The highest BCUT2D eigenvalue weighted by Crippen LogP contribution is 2.37. The highest BCUT2D eigenvalue weighted by Gasteiger charge is 2.28. The number of nitrogen functional groups attached to an aromatic ring is 1. The summed E-state index contributed by atoms with van der Waals surface area (Å²) in [5, 5.41) is 2.93. The number of rotatable bonds is 2. The lowest BCUT2D eigenvalue weighted by Crippen LogP contribution is -2.25. The molecule has 2 aromatic rings. The Labute approximate surface area is 122 Å². The average Bonchev–Trinajstić information content (AvgIpc) is 2.88. The van der Waals surface area contributed by atoms with Crippen LogP contribution in [0.1, 0.15) is 11.1 Å². The molecule has 1 unspecified atom stereocenters. The summed E-state index contributed by atoms with van der Waals surface area (Å²) in [6.07, 6.45) is 0.786. The maximum absolute atomic E-state index is 12.4. The number of nitrogens with two attached hydrogens (primary N) is 1. The van der Waals surface area contributed by atoms with Crippen LogP contribution >= 0.6 is 11.8 Å². The van der Waals surface area contributed by atoms with Crippen LogP contribution in [0.2, 0.25) is 0 Å². The van der Waals surface area contributed by atoms with E-state index in [1.165, 1.54) is 10.5 Å². The maximum Gasteiger partial charge on any atom is 0.238 e. The fraction of sp³-hybridized carbons (Fsp3) is 0.188. The molecule has 3 rings (SSSR count). The SMILES string of the molecule is Cc1c(N)cccc1NC(=O)C1Cc2ccccc2S1. The minimum atomic E-state index is -0.0618. The first-order valence-corrected chi connectivity index (χ1v) is 7.43. The number of hydrogen-bond donors (Lipinski definition) is 2. The van der Waals surface area contributed by atoms with Gasteiger partial charge in [-0.05, 0) is 42.7 Å². The second-order valence-corrected chi connectivity index (χ2v) is 6.17. The molecule has 0 fully saturated rings. The second-order valence-electron chi connectivity index (χ2n) is 4.93. The summed E-state index contributed by atoms with van der Waals surface area (Å²) in [7, 11) is 0. The molecule has 102 valence electrons. The molecule has 3 N–H and O–H groups in total. The van der Waals surface area contributed by atoms with E-state index in [2.05, 4.69) is 17.4 Å². The molecule has 1 atom stereocenters. The van der Waals surface area contributed by atoms with Gasteiger partial charge in [-0.25, -0.2) is 0 Å². The Morgan fingerprint density at radius 3 is 2.85 bits per heavy atom. The third-order valence-electron chi connectivity index (χ3n) is 3.57. The van der Waals surface area contributed by atoms with Crippen molar-refractivity contribution >= 4 is 29.0 Å². The average molecular weight is 284 g/mol. The van der Waals surface area contributed by atoms with E-state index in [4.69, 9.17) is 5.73 Å². The number of fused-ring (bicyclic) bond motifs is 1. The van der Waals surface area contributed by atoms with Crippen LogP contribution < -0.4 is 11.1 Å². The smallest absolute Gasteiger partial charge is 0.238 e. The van der Waals surface area contributed by atoms with Gasteiger partial charge in [0.2, 0.25) is 5.91 Å². The van der Waals surface area contributed by atoms with Crippen molar-refractivity contribution in [1.29, 1.82) is 0 Å². The van der Waals surface area contributed by atoms with Gasteiger partial charge in [-0.2, -0.15) is 0 Å². The van der Waals surface area contributed by atoms with Gasteiger partial charge in [-0.15, -0.1) is 11.8 Å². The van der Waals surface area contributed by atoms with Crippen LogP contribution in [0.25, 0.3) is 0 Å². The number of anilines is 2. The van der Waals surface area contributed by atoms with Crippen molar-refractivity contribution < 1.29 is 4.79 Å². The van der Waals surface area contributed by atoms with Crippen LogP contribution in [0.15, 0.2) is 47.4 Å². The molecule has 0 radical (unpaired) electrons. The van der Waals surface area contributed by atoms with Gasteiger partial charge in [-0.1, -0.05) is 24.3 Å². The predicted octanol–water partition coefficient (Wildman–Crippen LogP) is 3.23. The Morgan fingerprint density at radius 1 is 1.25 bits per heavy atom. The molecular weight excluding hydrogens is 268 g/mol. The minimum absolute atomic E-state index is 0.0416. The van der Waals surface area contributed by atoms with Crippen molar-refractivity contribution in [3.8, 4) is 0 Å². The predicted molar refractivity (Wildman–Crippen MR) is 84.0 cm³/mol. The molecule has 0 aromatic heterocycles. The number of nitrogens with one attached hydrogen (secondary N) is 1. The molecule has 1 heterocycles. The van der Waals surface area contributed by atoms with Crippen molar-refractivity contribution in [3.63, 3.8) is 0 Å². The number of thioether (sulfide) groups is 1. The lowest BCUT2D eigenvalue weighted by molar-refractivity contribution is -0.115. The summed E-state index contributed by atoms with van der Waals surface area (Å²) >= 11 is 1.63. The van der Waals surface area contributed by atoms with Crippen molar-refractivity contribution in [2.75, 3.05) is 11.1 Å². The van der Waals surface area contributed by atoms with Gasteiger partial charge in [0.1, 0.15) is 0 Å². The molecule has 0 aliphatic carbocycles. The fourth-order valence-corrected chi connectivity index (χ4v) is 3.53. The van der Waals surface area contributed by atoms with Gasteiger partial charge < -0.3 is 11.1 Å². The van der Waals surface area contributed by atoms with Gasteiger partial charge >= 0.3 is 0 Å². The van der Waals surface area contributed by atoms with Crippen molar-refractivity contribution in [2.45, 2.75) is 23.5 Å². The molecule has 3 nitrogen and oxygen atoms in total. The van der Waals surface area contributed by atoms with Crippen LogP contribution in [0.3, 0.4) is 0 Å². The number of carbonyl (C=O) groups excluding carboxylic acids is 1. The summed E-state index contributed by atoms with van der Waals surface area (Å²) < 4.78 is 0. The monoisotopic (exact) mass is 284 g/mol. The topological polar surface area (TPSA) is 55.1 Å². The number of amides is 1. The summed E-state index contributed by atoms with van der Waals surface area (Å²) in [5.74, 6) is 0.0416. The number of carbonyl (C=O) groups is 1. The van der Waals surface area contributed by atoms with Crippen LogP contribution in [-0.2, 0) is 11.2 Å². The lowest BCUT2D eigenvalue weighted by Gasteiger charge is -2.13. The Bertz CT molecular complexity index is 644. The molecule has 0 bridgehead atoms. The van der Waals surface area contributed by atoms with Crippen LogP contribution in [0.4, 0.5) is 11.4 Å². The molecule has 0 spiro atoms. The molecule has 1 aliphatic rings. The van der Waals surface area contributed by atoms with E-state index >= 15 is 0 Å². The van der Waals surface area contributed by atoms with Crippen LogP contribution in [0.5, 0.6) is 0 Å². The molecule has 1 amide bonds. The fourth-order valence-electron chi connectivity index (χ4n) is 2.33. The highest BCUT2D eigenvalue weighted by atomic mass is 32.2. The van der Waals surface area contributed by atoms with Gasteiger partial charge in [0.05, 0.1) is 5.25 Å². The van der Waals surface area contributed by atoms with Crippen molar-refractivity contribution in [1.82, 2.24) is 0 Å². The maximum atomic E-state index is 12.4. The third-order valence-corrected chi connectivity index (χ3v) is 4.89. The molecule has 0 saturated carbocycles. The van der Waals surface area contributed by atoms with E-state index in [9.17, 15) is 4.79 Å². The molecule has 0 saturated heterocycles. The molecule has 1 aliphatic heterocycles. The third kappa shape index (κ3) is 2.39. The summed E-state index contributed by atoms with van der Waals surface area (Å²) in [6.45, 7) is 1.92. The molecule has 20 heavy (non-hydrogen) atoms. The standard InChI is InChI=1S/C16H16N2OS/c1-10-12(17)6-4-7-13(10)18-16(19)15-9-11-5-2-3-8-14(11)20-15/h2-8,15H,9,17H2,1H3,(H,18,19). The Hall–Kier alpha value is -1.94. The number of benzene rings is 2. The summed E-state index contributed by atoms with van der Waals surface area (Å²) in [5.41, 5.74) is 9.53. The lowest BCUT2D eigenvalue weighted by atomic mass is 10.1. The van der Waals surface area contributed by atoms with Crippen LogP contribution in [0, 0.1) is 6.92 Å². The van der Waals surface area contributed by atoms with Gasteiger partial charge in [0, 0.05) is 16.3 Å². The van der Waals surface area contributed by atoms with Gasteiger partial charge in [-0.3, -0.25) is 4.79 Å². The zero-order chi connectivity index (χ0) is 14.1. The Kier molecular flexibility index (Phi) is 3.40. The Morgan fingerprint density at radius 2 is 2.05 bits per heavy atom. The summed E-state index contributed by atoms with van der Waals surface area (Å²) in [4.78, 5) is 13.6. The zero-order valence-electron chi connectivity index (χ0n) is 11.2. The van der Waals surface area contributed by atoms with Crippen LogP contribution in [-0.4, -0.2) is 11.2 Å². The Balaban J connectivity index is 1.74. The number of hydrogen-bond acceptors (Lipinski definition) is 3. The normalized spacial score (nSPS) is 16.8. The first-order valence-electron chi connectivity index (χ1n) is 6.55. The minimum Gasteiger partial charge on any atom is -0.398 e. The van der Waals surface area contributed by atoms with E-state index in [-0.39, 0.29) is 11.2 Å². The molecular formula is C16H16N2OS. The van der Waals surface area contributed by atoms with E-state index in [1.807, 2.05) is 37.3 Å². The summed E-state index contributed by atoms with van der Waals surface area (Å²) in [6, 6.07) is 13.8. The zero-order valence-corrected chi connectivity index (χ0v) is 12.0. The largest absolute Gasteiger partial charge is 0.398 e. The van der Waals surface area contributed by atoms with Crippen molar-refractivity contribution in [2.24, 2.45) is 0 Å². The van der Waals surface area contributed by atoms with E-state index in [1.54, 1.807) is 11.8 Å². The van der Waals surface area contributed by atoms with Gasteiger partial charge in [0.25, 0.3) is 0 Å². The first-order chi connectivity index (χ1) is 9.65. The first kappa shape index (κ1) is 13.1. The van der Waals surface area contributed by atoms with E-state index in [0.717, 1.165) is 17.7 Å². The van der Waals surface area contributed by atoms with E-state index in [0.29, 0.717) is 5.69 Å². The van der Waals surface area contributed by atoms with E-state index < -0.39 is 0 Å².